The summed E-state index contributed by atoms with van der Waals surface area (Å²) >= 11 is 3.43. The summed E-state index contributed by atoms with van der Waals surface area (Å²) in [6.45, 7) is 4.93. The number of hydrogen-bond acceptors (Lipinski definition) is 4. The molecule has 0 unspecified atom stereocenters. The first-order valence-corrected chi connectivity index (χ1v) is 11.3. The van der Waals surface area contributed by atoms with Gasteiger partial charge in [-0.2, -0.15) is 0 Å². The fourth-order valence-electron chi connectivity index (χ4n) is 3.70. The molecular weight excluding hydrogens is 360 g/mol. The highest BCUT2D eigenvalue weighted by molar-refractivity contribution is 7.99. The van der Waals surface area contributed by atoms with Crippen LogP contribution in [0.2, 0.25) is 0 Å². The fraction of sp³-hybridized carbons (Fsp3) is 0.429. The minimum Gasteiger partial charge on any atom is -0.287 e. The van der Waals surface area contributed by atoms with Gasteiger partial charge in [-0.25, -0.2) is 4.98 Å². The van der Waals surface area contributed by atoms with E-state index in [0.717, 1.165) is 34.0 Å². The Hall–Kier alpha value is -1.59. The van der Waals surface area contributed by atoms with Gasteiger partial charge >= 0.3 is 0 Å². The number of thioether (sulfide) groups is 1. The Morgan fingerprint density at radius 2 is 2.04 bits per heavy atom. The van der Waals surface area contributed by atoms with Crippen LogP contribution in [0.15, 0.2) is 34.2 Å². The number of hydrogen-bond donors (Lipinski definition) is 0. The molecule has 26 heavy (non-hydrogen) atoms. The first kappa shape index (κ1) is 17.8. The third kappa shape index (κ3) is 3.01. The zero-order valence-electron chi connectivity index (χ0n) is 15.4. The predicted octanol–water partition coefficient (Wildman–Crippen LogP) is 5.53. The molecule has 1 aliphatic carbocycles. The summed E-state index contributed by atoms with van der Waals surface area (Å²) in [4.78, 5) is 20.3. The molecule has 0 saturated heterocycles. The van der Waals surface area contributed by atoms with Gasteiger partial charge in [-0.1, -0.05) is 55.8 Å². The molecule has 0 atom stereocenters. The molecule has 4 rings (SSSR count). The van der Waals surface area contributed by atoms with Crippen molar-refractivity contribution in [2.75, 3.05) is 5.75 Å². The Bertz CT molecular complexity index is 1000. The zero-order chi connectivity index (χ0) is 18.1. The van der Waals surface area contributed by atoms with E-state index in [1.165, 1.54) is 40.8 Å². The molecule has 1 aliphatic rings. The second-order valence-electron chi connectivity index (χ2n) is 6.75. The number of aromatic nitrogens is 2. The molecule has 2 heterocycles. The molecular formula is C21H24N2OS2. The van der Waals surface area contributed by atoms with Crippen LogP contribution in [0.3, 0.4) is 0 Å². The van der Waals surface area contributed by atoms with Gasteiger partial charge < -0.3 is 0 Å². The number of nitrogens with zero attached hydrogens (tertiary/aromatic N) is 2. The largest absolute Gasteiger partial charge is 0.287 e. The van der Waals surface area contributed by atoms with E-state index in [1.54, 1.807) is 23.1 Å². The number of fused-ring (bicyclic) bond motifs is 5. The molecule has 5 heteroatoms. The molecule has 0 fully saturated rings. The number of benzene rings is 1. The van der Waals surface area contributed by atoms with Crippen LogP contribution in [0.25, 0.3) is 20.7 Å². The maximum atomic E-state index is 13.2. The molecule has 0 bridgehead atoms. The van der Waals surface area contributed by atoms with Crippen LogP contribution in [0.5, 0.6) is 0 Å². The van der Waals surface area contributed by atoms with E-state index in [4.69, 9.17) is 4.98 Å². The van der Waals surface area contributed by atoms with Crippen molar-refractivity contribution in [3.05, 3.63) is 45.7 Å². The highest BCUT2D eigenvalue weighted by Crippen LogP contribution is 2.42. The molecule has 0 spiro atoms. The lowest BCUT2D eigenvalue weighted by Gasteiger charge is -2.16. The van der Waals surface area contributed by atoms with Crippen molar-refractivity contribution in [1.82, 2.24) is 9.55 Å². The first-order chi connectivity index (χ1) is 12.7. The SMILES string of the molecule is CCCCCSc1nc2sc3c(c2c(=O)n1CC)CCc1ccccc1-3. The van der Waals surface area contributed by atoms with Gasteiger partial charge in [0, 0.05) is 17.2 Å². The van der Waals surface area contributed by atoms with E-state index >= 15 is 0 Å². The molecule has 3 nitrogen and oxygen atoms in total. The molecule has 136 valence electrons. The Morgan fingerprint density at radius 3 is 2.85 bits per heavy atom. The van der Waals surface area contributed by atoms with Crippen LogP contribution in [0.1, 0.15) is 44.2 Å². The normalized spacial score (nSPS) is 13.0. The van der Waals surface area contributed by atoms with Crippen LogP contribution >= 0.6 is 23.1 Å². The van der Waals surface area contributed by atoms with Crippen LogP contribution in [0, 0.1) is 0 Å². The average molecular weight is 385 g/mol. The Kier molecular flexibility index (Phi) is 5.18. The minimum absolute atomic E-state index is 0.146. The minimum atomic E-state index is 0.146. The van der Waals surface area contributed by atoms with Crippen molar-refractivity contribution in [2.24, 2.45) is 0 Å². The summed E-state index contributed by atoms with van der Waals surface area (Å²) < 4.78 is 1.87. The number of aryl methyl sites for hydroxylation is 2. The number of thiophene rings is 1. The van der Waals surface area contributed by atoms with E-state index in [0.29, 0.717) is 6.54 Å². The van der Waals surface area contributed by atoms with Gasteiger partial charge in [0.1, 0.15) is 4.83 Å². The van der Waals surface area contributed by atoms with E-state index in [9.17, 15) is 4.79 Å². The highest BCUT2D eigenvalue weighted by atomic mass is 32.2. The maximum Gasteiger partial charge on any atom is 0.263 e. The summed E-state index contributed by atoms with van der Waals surface area (Å²) in [5.74, 6) is 1.03. The number of rotatable bonds is 6. The highest BCUT2D eigenvalue weighted by Gasteiger charge is 2.24. The molecule has 2 aromatic heterocycles. The summed E-state index contributed by atoms with van der Waals surface area (Å²) in [5, 5.41) is 1.74. The number of unbranched alkanes of at least 4 members (excludes halogenated alkanes) is 2. The summed E-state index contributed by atoms with van der Waals surface area (Å²) in [7, 11) is 0. The van der Waals surface area contributed by atoms with Gasteiger partial charge in [0.25, 0.3) is 5.56 Å². The standard InChI is InChI=1S/C21H24N2OS2/c1-3-5-8-13-25-21-22-19-17(20(24)23(21)4-2)16-12-11-14-9-6-7-10-15(14)18(16)26-19/h6-7,9-10H,3-5,8,11-13H2,1-2H3. The fourth-order valence-corrected chi connectivity index (χ4v) is 6.09. The van der Waals surface area contributed by atoms with Crippen molar-refractivity contribution in [3.63, 3.8) is 0 Å². The van der Waals surface area contributed by atoms with Gasteiger partial charge in [-0.3, -0.25) is 9.36 Å². The van der Waals surface area contributed by atoms with Gasteiger partial charge in [0.15, 0.2) is 5.16 Å². The van der Waals surface area contributed by atoms with Crippen molar-refractivity contribution in [2.45, 2.75) is 57.7 Å². The first-order valence-electron chi connectivity index (χ1n) is 9.51. The Balaban J connectivity index is 1.83. The van der Waals surface area contributed by atoms with E-state index in [-0.39, 0.29) is 5.56 Å². The predicted molar refractivity (Wildman–Crippen MR) is 113 cm³/mol. The topological polar surface area (TPSA) is 34.9 Å². The zero-order valence-corrected chi connectivity index (χ0v) is 17.0. The second-order valence-corrected chi connectivity index (χ2v) is 8.81. The summed E-state index contributed by atoms with van der Waals surface area (Å²) in [5.41, 5.74) is 4.03. The lowest BCUT2D eigenvalue weighted by atomic mass is 9.90. The molecule has 3 aromatic rings. The molecule has 0 N–H and O–H groups in total. The monoisotopic (exact) mass is 384 g/mol. The molecule has 0 radical (unpaired) electrons. The van der Waals surface area contributed by atoms with E-state index in [1.807, 2.05) is 11.5 Å². The quantitative estimate of drug-likeness (QED) is 0.319. The van der Waals surface area contributed by atoms with Crippen molar-refractivity contribution >= 4 is 33.3 Å². The van der Waals surface area contributed by atoms with Crippen molar-refractivity contribution in [3.8, 4) is 10.4 Å². The van der Waals surface area contributed by atoms with Gasteiger partial charge in [0.2, 0.25) is 0 Å². The smallest absolute Gasteiger partial charge is 0.263 e. The van der Waals surface area contributed by atoms with Gasteiger partial charge in [0.05, 0.1) is 5.39 Å². The van der Waals surface area contributed by atoms with Crippen LogP contribution < -0.4 is 5.56 Å². The molecule has 0 aliphatic heterocycles. The second kappa shape index (κ2) is 7.57. The lowest BCUT2D eigenvalue weighted by molar-refractivity contribution is 0.634. The molecule has 0 amide bonds. The van der Waals surface area contributed by atoms with Gasteiger partial charge in [-0.15, -0.1) is 11.3 Å². The summed E-state index contributed by atoms with van der Waals surface area (Å²) in [6.07, 6.45) is 5.57. The van der Waals surface area contributed by atoms with Crippen LogP contribution in [0.4, 0.5) is 0 Å². The van der Waals surface area contributed by atoms with Crippen LogP contribution in [-0.4, -0.2) is 15.3 Å². The van der Waals surface area contributed by atoms with Gasteiger partial charge in [-0.05, 0) is 42.9 Å². The third-order valence-electron chi connectivity index (χ3n) is 5.08. The third-order valence-corrected chi connectivity index (χ3v) is 7.30. The Morgan fingerprint density at radius 1 is 1.19 bits per heavy atom. The molecule has 1 aromatic carbocycles. The van der Waals surface area contributed by atoms with Crippen molar-refractivity contribution in [1.29, 1.82) is 0 Å². The maximum absolute atomic E-state index is 13.2. The molecule has 0 saturated carbocycles. The Labute approximate surface area is 162 Å². The lowest BCUT2D eigenvalue weighted by Crippen LogP contribution is -2.23. The van der Waals surface area contributed by atoms with E-state index in [2.05, 4.69) is 31.2 Å². The van der Waals surface area contributed by atoms with E-state index < -0.39 is 0 Å². The average Bonchev–Trinajstić information content (AvgIpc) is 3.04. The van der Waals surface area contributed by atoms with Crippen LogP contribution in [-0.2, 0) is 19.4 Å². The van der Waals surface area contributed by atoms with Crippen molar-refractivity contribution < 1.29 is 0 Å². The summed E-state index contributed by atoms with van der Waals surface area (Å²) in [6, 6.07) is 8.58.